The molecule has 0 bridgehead atoms. The number of hydrogen-bond donors (Lipinski definition) is 2. The third kappa shape index (κ3) is 4.19. The molecule has 1 atom stereocenters. The third-order valence-corrected chi connectivity index (χ3v) is 3.57. The summed E-state index contributed by atoms with van der Waals surface area (Å²) in [6.45, 7) is 3.18. The van der Waals surface area contributed by atoms with Crippen LogP contribution in [0.4, 0.5) is 0 Å². The zero-order valence-corrected chi connectivity index (χ0v) is 12.3. The molecular formula is C16H22N2O3. The average molecular weight is 290 g/mol. The Bertz CT molecular complexity index is 522. The lowest BCUT2D eigenvalue weighted by Gasteiger charge is -2.34. The molecule has 1 fully saturated rings. The van der Waals surface area contributed by atoms with Gasteiger partial charge in [0.15, 0.2) is 0 Å². The van der Waals surface area contributed by atoms with Crippen molar-refractivity contribution in [3.8, 4) is 17.6 Å². The fourth-order valence-corrected chi connectivity index (χ4v) is 2.38. The lowest BCUT2D eigenvalue weighted by Crippen LogP contribution is -2.46. The first-order valence-corrected chi connectivity index (χ1v) is 7.07. The predicted octanol–water partition coefficient (Wildman–Crippen LogP) is 0.199. The van der Waals surface area contributed by atoms with Crippen LogP contribution in [-0.4, -0.2) is 56.1 Å². The molecule has 5 nitrogen and oxygen atoms in total. The van der Waals surface area contributed by atoms with Gasteiger partial charge in [-0.2, -0.15) is 0 Å². The van der Waals surface area contributed by atoms with E-state index in [0.717, 1.165) is 23.4 Å². The minimum atomic E-state index is 0.0280. The number of hydrogen-bond acceptors (Lipinski definition) is 5. The molecule has 0 aliphatic carbocycles. The van der Waals surface area contributed by atoms with E-state index in [1.807, 2.05) is 18.2 Å². The number of methoxy groups -OCH3 is 1. The highest BCUT2D eigenvalue weighted by Crippen LogP contribution is 2.20. The van der Waals surface area contributed by atoms with E-state index in [1.165, 1.54) is 0 Å². The first-order valence-electron chi connectivity index (χ1n) is 7.07. The summed E-state index contributed by atoms with van der Waals surface area (Å²) in [7, 11) is 1.65. The van der Waals surface area contributed by atoms with E-state index in [2.05, 4.69) is 16.7 Å². The first kappa shape index (κ1) is 15.8. The van der Waals surface area contributed by atoms with Crippen LogP contribution in [-0.2, 0) is 11.3 Å². The Morgan fingerprint density at radius 2 is 2.38 bits per heavy atom. The molecule has 5 heteroatoms. The summed E-state index contributed by atoms with van der Waals surface area (Å²) in [6.07, 6.45) is 0. The van der Waals surface area contributed by atoms with Crippen LogP contribution in [0.3, 0.4) is 0 Å². The van der Waals surface area contributed by atoms with Gasteiger partial charge in [-0.05, 0) is 23.8 Å². The number of nitrogens with zero attached hydrogens (tertiary/aromatic N) is 1. The maximum atomic E-state index is 9.46. The van der Waals surface area contributed by atoms with Gasteiger partial charge >= 0.3 is 0 Å². The zero-order valence-electron chi connectivity index (χ0n) is 12.3. The Morgan fingerprint density at radius 1 is 1.52 bits per heavy atom. The maximum Gasteiger partial charge on any atom is 0.119 e. The quantitative estimate of drug-likeness (QED) is 0.775. The smallest absolute Gasteiger partial charge is 0.119 e. The topological polar surface area (TPSA) is 68.0 Å². The summed E-state index contributed by atoms with van der Waals surface area (Å²) in [5.41, 5.74) is 7.48. The summed E-state index contributed by atoms with van der Waals surface area (Å²) < 4.78 is 10.7. The Hall–Kier alpha value is -1.58. The summed E-state index contributed by atoms with van der Waals surface area (Å²) in [4.78, 5) is 2.21. The largest absolute Gasteiger partial charge is 0.497 e. The van der Waals surface area contributed by atoms with Gasteiger partial charge in [0.05, 0.1) is 39.5 Å². The lowest BCUT2D eigenvalue weighted by molar-refractivity contribution is -0.0313. The fraction of sp³-hybridized carbons (Fsp3) is 0.500. The molecule has 0 aromatic heterocycles. The van der Waals surface area contributed by atoms with E-state index in [-0.39, 0.29) is 12.6 Å². The monoisotopic (exact) mass is 290 g/mol. The number of rotatable bonds is 4. The second-order valence-electron chi connectivity index (χ2n) is 4.91. The van der Waals surface area contributed by atoms with Crippen LogP contribution >= 0.6 is 0 Å². The van der Waals surface area contributed by atoms with Gasteiger partial charge in [-0.25, -0.2) is 0 Å². The molecule has 1 aliphatic heterocycles. The number of nitrogens with two attached hydrogens (primary N) is 1. The molecule has 1 unspecified atom stereocenters. The average Bonchev–Trinajstić information content (AvgIpc) is 2.54. The second kappa shape index (κ2) is 8.01. The zero-order chi connectivity index (χ0) is 15.1. The van der Waals surface area contributed by atoms with Crippen LogP contribution in [0, 0.1) is 11.8 Å². The summed E-state index contributed by atoms with van der Waals surface area (Å²) in [5, 5.41) is 9.46. The summed E-state index contributed by atoms with van der Waals surface area (Å²) >= 11 is 0. The molecule has 1 aromatic carbocycles. The number of aliphatic hydroxyl groups excluding tert-OH is 1. The third-order valence-electron chi connectivity index (χ3n) is 3.57. The highest BCUT2D eigenvalue weighted by atomic mass is 16.5. The van der Waals surface area contributed by atoms with Crippen LogP contribution < -0.4 is 10.5 Å². The van der Waals surface area contributed by atoms with Gasteiger partial charge in [0.1, 0.15) is 5.75 Å². The number of benzene rings is 1. The molecule has 1 saturated heterocycles. The van der Waals surface area contributed by atoms with Gasteiger partial charge in [-0.15, -0.1) is 0 Å². The summed E-state index contributed by atoms with van der Waals surface area (Å²) in [6, 6.07) is 5.86. The van der Waals surface area contributed by atoms with Crippen molar-refractivity contribution in [2.45, 2.75) is 12.6 Å². The highest BCUT2D eigenvalue weighted by molar-refractivity contribution is 5.45. The van der Waals surface area contributed by atoms with Gasteiger partial charge in [0.25, 0.3) is 0 Å². The molecule has 21 heavy (non-hydrogen) atoms. The molecule has 0 saturated carbocycles. The fourth-order valence-electron chi connectivity index (χ4n) is 2.38. The molecule has 1 aliphatic rings. The van der Waals surface area contributed by atoms with Crippen molar-refractivity contribution >= 4 is 0 Å². The number of ether oxygens (including phenoxy) is 2. The van der Waals surface area contributed by atoms with Gasteiger partial charge in [-0.1, -0.05) is 11.8 Å². The van der Waals surface area contributed by atoms with E-state index >= 15 is 0 Å². The molecule has 0 amide bonds. The van der Waals surface area contributed by atoms with Crippen molar-refractivity contribution in [3.63, 3.8) is 0 Å². The van der Waals surface area contributed by atoms with E-state index in [4.69, 9.17) is 15.2 Å². The Morgan fingerprint density at radius 3 is 3.10 bits per heavy atom. The maximum absolute atomic E-state index is 9.46. The molecular weight excluding hydrogens is 268 g/mol. The highest BCUT2D eigenvalue weighted by Gasteiger charge is 2.23. The second-order valence-corrected chi connectivity index (χ2v) is 4.91. The standard InChI is InChI=1S/C16H22N2O3/c1-20-16-5-4-13(3-2-6-17)14(9-16)10-18-7-8-21-12-15(18)11-19/h4-5,9,15,19H,6-8,10-12,17H2,1H3. The van der Waals surface area contributed by atoms with E-state index in [0.29, 0.717) is 26.3 Å². The van der Waals surface area contributed by atoms with Crippen molar-refractivity contribution in [1.82, 2.24) is 4.90 Å². The van der Waals surface area contributed by atoms with Crippen molar-refractivity contribution < 1.29 is 14.6 Å². The van der Waals surface area contributed by atoms with Gasteiger partial charge in [-0.3, -0.25) is 4.90 Å². The molecule has 3 N–H and O–H groups in total. The normalized spacial score (nSPS) is 18.9. The SMILES string of the molecule is COc1ccc(C#CCN)c(CN2CCOCC2CO)c1. The molecule has 1 heterocycles. The van der Waals surface area contributed by atoms with Gasteiger partial charge in [0.2, 0.25) is 0 Å². The molecule has 0 spiro atoms. The lowest BCUT2D eigenvalue weighted by atomic mass is 10.1. The molecule has 114 valence electrons. The van der Waals surface area contributed by atoms with Crippen molar-refractivity contribution in [3.05, 3.63) is 29.3 Å². The molecule has 1 aromatic rings. The number of morpholine rings is 1. The minimum absolute atomic E-state index is 0.0280. The van der Waals surface area contributed by atoms with Crippen molar-refractivity contribution in [1.29, 1.82) is 0 Å². The Labute approximate surface area is 125 Å². The van der Waals surface area contributed by atoms with Crippen LogP contribution in [0.1, 0.15) is 11.1 Å². The van der Waals surface area contributed by atoms with Crippen LogP contribution in [0.2, 0.25) is 0 Å². The minimum Gasteiger partial charge on any atom is -0.497 e. The van der Waals surface area contributed by atoms with Crippen molar-refractivity contribution in [2.75, 3.05) is 40.0 Å². The Balaban J connectivity index is 2.23. The Kier molecular flexibility index (Phi) is 6.03. The molecule has 0 radical (unpaired) electrons. The summed E-state index contributed by atoms with van der Waals surface area (Å²) in [5.74, 6) is 6.79. The van der Waals surface area contributed by atoms with Crippen molar-refractivity contribution in [2.24, 2.45) is 5.73 Å². The van der Waals surface area contributed by atoms with Crippen LogP contribution in [0.15, 0.2) is 18.2 Å². The van der Waals surface area contributed by atoms with Gasteiger partial charge in [0, 0.05) is 18.7 Å². The van der Waals surface area contributed by atoms with E-state index < -0.39 is 0 Å². The first-order chi connectivity index (χ1) is 10.3. The molecule has 2 rings (SSSR count). The predicted molar refractivity (Wildman–Crippen MR) is 81.0 cm³/mol. The number of aliphatic hydroxyl groups is 1. The van der Waals surface area contributed by atoms with Crippen LogP contribution in [0.25, 0.3) is 0 Å². The van der Waals surface area contributed by atoms with Crippen LogP contribution in [0.5, 0.6) is 5.75 Å². The van der Waals surface area contributed by atoms with Gasteiger partial charge < -0.3 is 20.3 Å². The van der Waals surface area contributed by atoms with E-state index in [1.54, 1.807) is 7.11 Å². The van der Waals surface area contributed by atoms with E-state index in [9.17, 15) is 5.11 Å².